The van der Waals surface area contributed by atoms with Gasteiger partial charge in [-0.1, -0.05) is 0 Å². The molecule has 0 saturated heterocycles. The molecule has 1 aliphatic carbocycles. The number of carbonyl (C=O) groups is 1. The summed E-state index contributed by atoms with van der Waals surface area (Å²) >= 11 is 1.50. The van der Waals surface area contributed by atoms with Gasteiger partial charge >= 0.3 is 5.97 Å². The van der Waals surface area contributed by atoms with Crippen LogP contribution >= 0.6 is 11.3 Å². The molecule has 1 aliphatic rings. The summed E-state index contributed by atoms with van der Waals surface area (Å²) in [6.45, 7) is 3.97. The SMILES string of the molecule is CCOC(=O)C1CCCc2sc3nc(C)n(CCO)c(=O)c3c21. The Bertz CT molecular complexity index is 808. The first-order valence-corrected chi connectivity index (χ1v) is 8.70. The number of thiophene rings is 1. The first-order valence-electron chi connectivity index (χ1n) is 7.88. The highest BCUT2D eigenvalue weighted by Gasteiger charge is 2.33. The Balaban J connectivity index is 2.23. The van der Waals surface area contributed by atoms with E-state index in [-0.39, 0.29) is 30.6 Å². The van der Waals surface area contributed by atoms with Crippen molar-refractivity contribution in [3.63, 3.8) is 0 Å². The minimum absolute atomic E-state index is 0.123. The van der Waals surface area contributed by atoms with Gasteiger partial charge in [0, 0.05) is 4.88 Å². The maximum atomic E-state index is 12.9. The molecule has 0 spiro atoms. The minimum atomic E-state index is -0.382. The Morgan fingerprint density at radius 1 is 1.52 bits per heavy atom. The molecule has 1 atom stereocenters. The van der Waals surface area contributed by atoms with Gasteiger partial charge in [0.2, 0.25) is 0 Å². The second-order valence-corrected chi connectivity index (χ2v) is 6.74. The molecule has 2 aromatic rings. The number of esters is 1. The Labute approximate surface area is 137 Å². The molecule has 3 rings (SSSR count). The summed E-state index contributed by atoms with van der Waals surface area (Å²) in [6.07, 6.45) is 2.48. The van der Waals surface area contributed by atoms with Crippen molar-refractivity contribution < 1.29 is 14.6 Å². The lowest BCUT2D eigenvalue weighted by molar-refractivity contribution is -0.145. The van der Waals surface area contributed by atoms with Gasteiger partial charge in [0.1, 0.15) is 10.7 Å². The van der Waals surface area contributed by atoms with E-state index in [1.807, 2.05) is 0 Å². The molecule has 0 aromatic carbocycles. The van der Waals surface area contributed by atoms with Gasteiger partial charge in [0.15, 0.2) is 0 Å². The molecule has 0 bridgehead atoms. The molecule has 0 aliphatic heterocycles. The smallest absolute Gasteiger partial charge is 0.313 e. The zero-order valence-corrected chi connectivity index (χ0v) is 14.1. The van der Waals surface area contributed by atoms with Crippen LogP contribution in [-0.2, 0) is 22.5 Å². The summed E-state index contributed by atoms with van der Waals surface area (Å²) < 4.78 is 6.67. The number of aliphatic hydroxyl groups excluding tert-OH is 1. The van der Waals surface area contributed by atoms with E-state index in [4.69, 9.17) is 4.74 Å². The van der Waals surface area contributed by atoms with Crippen molar-refractivity contribution >= 4 is 27.5 Å². The zero-order valence-electron chi connectivity index (χ0n) is 13.3. The van der Waals surface area contributed by atoms with Crippen LogP contribution in [0.15, 0.2) is 4.79 Å². The number of fused-ring (bicyclic) bond motifs is 3. The van der Waals surface area contributed by atoms with Crippen molar-refractivity contribution in [2.24, 2.45) is 0 Å². The summed E-state index contributed by atoms with van der Waals surface area (Å²) in [6, 6.07) is 0. The summed E-state index contributed by atoms with van der Waals surface area (Å²) in [4.78, 5) is 31.4. The fourth-order valence-corrected chi connectivity index (χ4v) is 4.57. The van der Waals surface area contributed by atoms with E-state index in [0.29, 0.717) is 29.1 Å². The average Bonchev–Trinajstić information content (AvgIpc) is 2.89. The van der Waals surface area contributed by atoms with Gasteiger partial charge in [-0.25, -0.2) is 4.98 Å². The molecule has 7 heteroatoms. The Kier molecular flexibility index (Phi) is 4.50. The van der Waals surface area contributed by atoms with E-state index in [2.05, 4.69) is 4.98 Å². The predicted octanol–water partition coefficient (Wildman–Crippen LogP) is 1.74. The number of aromatic nitrogens is 2. The van der Waals surface area contributed by atoms with Gasteiger partial charge < -0.3 is 9.84 Å². The maximum absolute atomic E-state index is 12.9. The lowest BCUT2D eigenvalue weighted by Crippen LogP contribution is -2.27. The monoisotopic (exact) mass is 336 g/mol. The quantitative estimate of drug-likeness (QED) is 0.860. The number of ether oxygens (including phenoxy) is 1. The fraction of sp³-hybridized carbons (Fsp3) is 0.562. The Morgan fingerprint density at radius 2 is 2.30 bits per heavy atom. The van der Waals surface area contributed by atoms with Gasteiger partial charge in [-0.2, -0.15) is 0 Å². The fourth-order valence-electron chi connectivity index (χ4n) is 3.26. The maximum Gasteiger partial charge on any atom is 0.313 e. The number of hydrogen-bond donors (Lipinski definition) is 1. The molecule has 23 heavy (non-hydrogen) atoms. The number of rotatable bonds is 4. The first kappa shape index (κ1) is 16.1. The normalized spacial score (nSPS) is 17.3. The highest BCUT2D eigenvalue weighted by atomic mass is 32.1. The van der Waals surface area contributed by atoms with Gasteiger partial charge in [0.05, 0.1) is 31.1 Å². The molecular formula is C16H20N2O4S. The van der Waals surface area contributed by atoms with E-state index in [9.17, 15) is 14.7 Å². The van der Waals surface area contributed by atoms with Crippen molar-refractivity contribution in [1.82, 2.24) is 9.55 Å². The van der Waals surface area contributed by atoms with E-state index in [1.54, 1.807) is 13.8 Å². The Hall–Kier alpha value is -1.73. The van der Waals surface area contributed by atoms with Gasteiger partial charge in [0.25, 0.3) is 5.56 Å². The van der Waals surface area contributed by atoms with Crippen molar-refractivity contribution in [2.75, 3.05) is 13.2 Å². The van der Waals surface area contributed by atoms with E-state index in [0.717, 1.165) is 23.3 Å². The third-order valence-corrected chi connectivity index (χ3v) is 5.42. The number of carbonyl (C=O) groups excluding carboxylic acids is 1. The molecule has 2 heterocycles. The topological polar surface area (TPSA) is 81.4 Å². The average molecular weight is 336 g/mol. The molecule has 1 N–H and O–H groups in total. The zero-order chi connectivity index (χ0) is 16.6. The van der Waals surface area contributed by atoms with Crippen LogP contribution in [0.4, 0.5) is 0 Å². The predicted molar refractivity (Wildman–Crippen MR) is 88.0 cm³/mol. The molecule has 0 saturated carbocycles. The summed E-state index contributed by atoms with van der Waals surface area (Å²) in [7, 11) is 0. The standard InChI is InChI=1S/C16H20N2O4S/c1-3-22-16(21)10-5-4-6-11-12(10)13-14(23-11)17-9(2)18(7-8-19)15(13)20/h10,19H,3-8H2,1-2H3. The molecule has 1 unspecified atom stereocenters. The van der Waals surface area contributed by atoms with Crippen LogP contribution in [0.3, 0.4) is 0 Å². The number of aryl methyl sites for hydroxylation is 2. The van der Waals surface area contributed by atoms with Crippen LogP contribution in [0.2, 0.25) is 0 Å². The van der Waals surface area contributed by atoms with Crippen LogP contribution < -0.4 is 5.56 Å². The highest BCUT2D eigenvalue weighted by Crippen LogP contribution is 2.41. The molecule has 0 amide bonds. The van der Waals surface area contributed by atoms with Crippen molar-refractivity contribution in [3.8, 4) is 0 Å². The van der Waals surface area contributed by atoms with Crippen molar-refractivity contribution in [3.05, 3.63) is 26.6 Å². The summed E-state index contributed by atoms with van der Waals surface area (Å²) in [5.41, 5.74) is 0.633. The largest absolute Gasteiger partial charge is 0.466 e. The van der Waals surface area contributed by atoms with Crippen LogP contribution in [-0.4, -0.2) is 33.8 Å². The van der Waals surface area contributed by atoms with Gasteiger partial charge in [-0.3, -0.25) is 14.2 Å². The second kappa shape index (κ2) is 6.41. The van der Waals surface area contributed by atoms with Crippen molar-refractivity contribution in [2.45, 2.75) is 45.6 Å². The minimum Gasteiger partial charge on any atom is -0.466 e. The molecule has 0 radical (unpaired) electrons. The third-order valence-electron chi connectivity index (χ3n) is 4.26. The number of aliphatic hydroxyl groups is 1. The van der Waals surface area contributed by atoms with E-state index < -0.39 is 0 Å². The molecule has 6 nitrogen and oxygen atoms in total. The van der Waals surface area contributed by atoms with Crippen LogP contribution in [0.5, 0.6) is 0 Å². The lowest BCUT2D eigenvalue weighted by Gasteiger charge is -2.21. The molecule has 124 valence electrons. The second-order valence-electron chi connectivity index (χ2n) is 5.66. The summed E-state index contributed by atoms with van der Waals surface area (Å²) in [5.74, 6) is -0.0584. The van der Waals surface area contributed by atoms with Crippen LogP contribution in [0.25, 0.3) is 10.2 Å². The first-order chi connectivity index (χ1) is 11.1. The molecular weight excluding hydrogens is 316 g/mol. The lowest BCUT2D eigenvalue weighted by atomic mass is 9.86. The number of hydrogen-bond acceptors (Lipinski definition) is 6. The number of nitrogens with zero attached hydrogens (tertiary/aromatic N) is 2. The molecule has 0 fully saturated rings. The van der Waals surface area contributed by atoms with Gasteiger partial charge in [-0.05, 0) is 38.7 Å². The van der Waals surface area contributed by atoms with Crippen LogP contribution in [0.1, 0.15) is 41.9 Å². The van der Waals surface area contributed by atoms with Crippen molar-refractivity contribution in [1.29, 1.82) is 0 Å². The van der Waals surface area contributed by atoms with Gasteiger partial charge in [-0.15, -0.1) is 11.3 Å². The Morgan fingerprint density at radius 3 is 3.00 bits per heavy atom. The highest BCUT2D eigenvalue weighted by molar-refractivity contribution is 7.18. The summed E-state index contributed by atoms with van der Waals surface area (Å²) in [5, 5.41) is 9.71. The van der Waals surface area contributed by atoms with E-state index in [1.165, 1.54) is 15.9 Å². The third kappa shape index (κ3) is 2.68. The molecule has 2 aromatic heterocycles. The van der Waals surface area contributed by atoms with Crippen LogP contribution in [0, 0.1) is 6.92 Å². The van der Waals surface area contributed by atoms with E-state index >= 15 is 0 Å².